The molecule has 0 saturated carbocycles. The molecule has 0 unspecified atom stereocenters. The Bertz CT molecular complexity index is 1850. The minimum atomic E-state index is 0.675. The van der Waals surface area contributed by atoms with Gasteiger partial charge in [-0.2, -0.15) is 0 Å². The van der Waals surface area contributed by atoms with Crippen LogP contribution < -0.4 is 0 Å². The van der Waals surface area contributed by atoms with Crippen LogP contribution in [0.5, 0.6) is 0 Å². The fraction of sp³-hybridized carbons (Fsp3) is 0. The second-order valence-electron chi connectivity index (χ2n) is 9.32. The molecule has 178 valence electrons. The van der Waals surface area contributed by atoms with E-state index in [0.29, 0.717) is 5.82 Å². The fourth-order valence-electron chi connectivity index (χ4n) is 5.06. The maximum atomic E-state index is 5.21. The van der Waals surface area contributed by atoms with Crippen molar-refractivity contribution < 1.29 is 0 Å². The highest BCUT2D eigenvalue weighted by atomic mass is 14.9. The Morgan fingerprint density at radius 3 is 1.82 bits per heavy atom. The molecule has 0 spiro atoms. The summed E-state index contributed by atoms with van der Waals surface area (Å²) in [5.41, 5.74) is 9.35. The minimum Gasteiger partial charge on any atom is -0.255 e. The van der Waals surface area contributed by atoms with Gasteiger partial charge in [-0.1, -0.05) is 97.1 Å². The van der Waals surface area contributed by atoms with Crippen LogP contribution in [0.4, 0.5) is 0 Å². The summed E-state index contributed by atoms with van der Waals surface area (Å²) in [5, 5.41) is 2.09. The normalized spacial score (nSPS) is 11.2. The third-order valence-corrected chi connectivity index (χ3v) is 6.90. The molecule has 7 aromatic rings. The molecule has 5 aromatic carbocycles. The van der Waals surface area contributed by atoms with Crippen molar-refractivity contribution in [1.29, 1.82) is 0 Å². The zero-order chi connectivity index (χ0) is 25.3. The molecule has 2 heterocycles. The molecule has 0 atom stereocenters. The standard InChI is InChI=1S/C35H23N3/c1-3-11-24(12-4-1)27-21-28(25-13-5-2-6-14-25)23-29(22-27)34-30-17-7-8-19-32(30)37-35(38-34)31-18-9-15-26-16-10-20-36-33(26)31/h1-23H. The Hall–Kier alpha value is -5.15. The van der Waals surface area contributed by atoms with Crippen LogP contribution >= 0.6 is 0 Å². The van der Waals surface area contributed by atoms with Gasteiger partial charge in [-0.3, -0.25) is 4.98 Å². The average molecular weight is 486 g/mol. The van der Waals surface area contributed by atoms with Crippen molar-refractivity contribution >= 4 is 21.8 Å². The second kappa shape index (κ2) is 9.38. The van der Waals surface area contributed by atoms with E-state index in [1.807, 2.05) is 42.6 Å². The highest BCUT2D eigenvalue weighted by molar-refractivity contribution is 5.98. The van der Waals surface area contributed by atoms with E-state index in [1.165, 1.54) is 11.1 Å². The second-order valence-corrected chi connectivity index (χ2v) is 9.32. The summed E-state index contributed by atoms with van der Waals surface area (Å²) in [6.07, 6.45) is 1.82. The predicted molar refractivity (Wildman–Crippen MR) is 157 cm³/mol. The molecule has 0 amide bonds. The van der Waals surface area contributed by atoms with Crippen molar-refractivity contribution in [3.8, 4) is 44.9 Å². The number of benzene rings is 5. The van der Waals surface area contributed by atoms with Crippen LogP contribution in [0.15, 0.2) is 140 Å². The van der Waals surface area contributed by atoms with Gasteiger partial charge in [0.25, 0.3) is 0 Å². The lowest BCUT2D eigenvalue weighted by Crippen LogP contribution is -1.97. The molecule has 7 rings (SSSR count). The molecule has 0 fully saturated rings. The molecule has 3 nitrogen and oxygen atoms in total. The number of hydrogen-bond acceptors (Lipinski definition) is 3. The van der Waals surface area contributed by atoms with Gasteiger partial charge < -0.3 is 0 Å². The first kappa shape index (κ1) is 22.1. The number of hydrogen-bond donors (Lipinski definition) is 0. The summed E-state index contributed by atoms with van der Waals surface area (Å²) >= 11 is 0. The Morgan fingerprint density at radius 2 is 1.08 bits per heavy atom. The Labute approximate surface area is 221 Å². The molecule has 0 N–H and O–H groups in total. The molecule has 0 aliphatic rings. The largest absolute Gasteiger partial charge is 0.255 e. The molecule has 3 heteroatoms. The van der Waals surface area contributed by atoms with Gasteiger partial charge in [0.15, 0.2) is 5.82 Å². The number of fused-ring (bicyclic) bond motifs is 2. The molecular formula is C35H23N3. The van der Waals surface area contributed by atoms with Gasteiger partial charge in [-0.05, 0) is 58.7 Å². The van der Waals surface area contributed by atoms with Gasteiger partial charge in [0.05, 0.1) is 16.7 Å². The minimum absolute atomic E-state index is 0.675. The first-order chi connectivity index (χ1) is 18.8. The smallest absolute Gasteiger partial charge is 0.162 e. The van der Waals surface area contributed by atoms with Gasteiger partial charge in [0.2, 0.25) is 0 Å². The van der Waals surface area contributed by atoms with Crippen LogP contribution in [0.2, 0.25) is 0 Å². The molecule has 0 saturated heterocycles. The lowest BCUT2D eigenvalue weighted by molar-refractivity contribution is 1.23. The van der Waals surface area contributed by atoms with Crippen LogP contribution in [0.25, 0.3) is 66.7 Å². The molecule has 0 aliphatic heterocycles. The van der Waals surface area contributed by atoms with E-state index in [-0.39, 0.29) is 0 Å². The van der Waals surface area contributed by atoms with Crippen molar-refractivity contribution in [3.63, 3.8) is 0 Å². The summed E-state index contributed by atoms with van der Waals surface area (Å²) in [4.78, 5) is 14.9. The van der Waals surface area contributed by atoms with Crippen LogP contribution in [-0.2, 0) is 0 Å². The van der Waals surface area contributed by atoms with Crippen LogP contribution in [-0.4, -0.2) is 15.0 Å². The Balaban J connectivity index is 1.51. The summed E-state index contributed by atoms with van der Waals surface area (Å²) in [6, 6.07) is 46.2. The van der Waals surface area contributed by atoms with Crippen LogP contribution in [0, 0.1) is 0 Å². The van der Waals surface area contributed by atoms with Gasteiger partial charge in [0, 0.05) is 28.1 Å². The molecule has 0 radical (unpaired) electrons. The lowest BCUT2D eigenvalue weighted by atomic mass is 9.94. The molecule has 38 heavy (non-hydrogen) atoms. The van der Waals surface area contributed by atoms with Crippen molar-refractivity contribution in [2.45, 2.75) is 0 Å². The third kappa shape index (κ3) is 4.00. The first-order valence-electron chi connectivity index (χ1n) is 12.7. The van der Waals surface area contributed by atoms with E-state index < -0.39 is 0 Å². The lowest BCUT2D eigenvalue weighted by Gasteiger charge is -2.14. The van der Waals surface area contributed by atoms with Crippen LogP contribution in [0.1, 0.15) is 0 Å². The highest BCUT2D eigenvalue weighted by Crippen LogP contribution is 2.36. The number of pyridine rings is 1. The maximum absolute atomic E-state index is 5.21. The van der Waals surface area contributed by atoms with Gasteiger partial charge in [-0.15, -0.1) is 0 Å². The summed E-state index contributed by atoms with van der Waals surface area (Å²) < 4.78 is 0. The molecule has 0 bridgehead atoms. The molecule has 2 aromatic heterocycles. The third-order valence-electron chi connectivity index (χ3n) is 6.90. The fourth-order valence-corrected chi connectivity index (χ4v) is 5.06. The average Bonchev–Trinajstić information content (AvgIpc) is 3.01. The van der Waals surface area contributed by atoms with E-state index in [1.54, 1.807) is 0 Å². The van der Waals surface area contributed by atoms with E-state index >= 15 is 0 Å². The Morgan fingerprint density at radius 1 is 0.447 bits per heavy atom. The Kier molecular flexibility index (Phi) is 5.45. The van der Waals surface area contributed by atoms with Crippen molar-refractivity contribution in [1.82, 2.24) is 15.0 Å². The van der Waals surface area contributed by atoms with Crippen molar-refractivity contribution in [2.75, 3.05) is 0 Å². The topological polar surface area (TPSA) is 38.7 Å². The number of nitrogens with zero attached hydrogens (tertiary/aromatic N) is 3. The summed E-state index contributed by atoms with van der Waals surface area (Å²) in [7, 11) is 0. The van der Waals surface area contributed by atoms with Gasteiger partial charge in [0.1, 0.15) is 0 Å². The highest BCUT2D eigenvalue weighted by Gasteiger charge is 2.15. The van der Waals surface area contributed by atoms with E-state index in [4.69, 9.17) is 9.97 Å². The van der Waals surface area contributed by atoms with E-state index in [0.717, 1.165) is 49.8 Å². The molecule has 0 aliphatic carbocycles. The monoisotopic (exact) mass is 485 g/mol. The maximum Gasteiger partial charge on any atom is 0.162 e. The number of para-hydroxylation sites is 2. The zero-order valence-electron chi connectivity index (χ0n) is 20.6. The van der Waals surface area contributed by atoms with Gasteiger partial charge in [-0.25, -0.2) is 9.97 Å². The van der Waals surface area contributed by atoms with Gasteiger partial charge >= 0.3 is 0 Å². The first-order valence-corrected chi connectivity index (χ1v) is 12.7. The zero-order valence-corrected chi connectivity index (χ0v) is 20.6. The molecular weight excluding hydrogens is 462 g/mol. The summed E-state index contributed by atoms with van der Waals surface area (Å²) in [5.74, 6) is 0.675. The van der Waals surface area contributed by atoms with E-state index in [9.17, 15) is 0 Å². The quantitative estimate of drug-likeness (QED) is 0.250. The van der Waals surface area contributed by atoms with Crippen LogP contribution in [0.3, 0.4) is 0 Å². The number of aromatic nitrogens is 3. The predicted octanol–water partition coefficient (Wildman–Crippen LogP) is 8.85. The van der Waals surface area contributed by atoms with Crippen molar-refractivity contribution in [2.24, 2.45) is 0 Å². The SMILES string of the molecule is c1ccc(-c2cc(-c3ccccc3)cc(-c3nc(-c4cccc5cccnc45)nc4ccccc34)c2)cc1. The summed E-state index contributed by atoms with van der Waals surface area (Å²) in [6.45, 7) is 0. The number of rotatable bonds is 4. The van der Waals surface area contributed by atoms with Crippen molar-refractivity contribution in [3.05, 3.63) is 140 Å². The van der Waals surface area contributed by atoms with E-state index in [2.05, 4.69) is 102 Å².